The van der Waals surface area contributed by atoms with Gasteiger partial charge in [-0.3, -0.25) is 14.5 Å². The number of hydrogen-bond donors (Lipinski definition) is 1. The Kier molecular flexibility index (Phi) is 6.37. The number of nitrogens with zero attached hydrogens (tertiary/aromatic N) is 3. The van der Waals surface area contributed by atoms with E-state index in [1.165, 1.54) is 19.9 Å². The van der Waals surface area contributed by atoms with Crippen molar-refractivity contribution in [3.8, 4) is 0 Å². The molecule has 2 aliphatic heterocycles. The number of sulfonamides is 1. The molecule has 2 aromatic carbocycles. The first-order valence-electron chi connectivity index (χ1n) is 10.8. The lowest BCUT2D eigenvalue weighted by Crippen LogP contribution is -2.52. The van der Waals surface area contributed by atoms with Gasteiger partial charge in [0.15, 0.2) is 6.10 Å². The number of carbonyl (C=O) groups excluding carboxylic acids is 2. The van der Waals surface area contributed by atoms with Crippen LogP contribution in [-0.2, 0) is 24.3 Å². The molecule has 0 saturated carbocycles. The third-order valence-corrected chi connectivity index (χ3v) is 7.08. The normalized spacial score (nSPS) is 20.0. The first-order valence-corrected chi connectivity index (χ1v) is 12.2. The van der Waals surface area contributed by atoms with Gasteiger partial charge < -0.3 is 14.5 Å². The molecule has 2 atom stereocenters. The fourth-order valence-electron chi connectivity index (χ4n) is 3.88. The van der Waals surface area contributed by atoms with Gasteiger partial charge in [-0.15, -0.1) is 0 Å². The van der Waals surface area contributed by atoms with Gasteiger partial charge in [0.25, 0.3) is 15.9 Å². The molecule has 9 nitrogen and oxygen atoms in total. The third kappa shape index (κ3) is 4.85. The van der Waals surface area contributed by atoms with Crippen molar-refractivity contribution >= 4 is 33.4 Å². The minimum Gasteiger partial charge on any atom is -0.451 e. The zero-order chi connectivity index (χ0) is 23.6. The summed E-state index contributed by atoms with van der Waals surface area (Å²) in [5.74, 6) is -0.872. The number of amides is 1. The zero-order valence-corrected chi connectivity index (χ0v) is 19.3. The number of anilines is 1. The average molecular weight is 471 g/mol. The number of amidine groups is 1. The predicted octanol–water partition coefficient (Wildman–Crippen LogP) is 1.39. The van der Waals surface area contributed by atoms with Crippen molar-refractivity contribution in [3.05, 3.63) is 60.2 Å². The number of esters is 1. The Morgan fingerprint density at radius 1 is 0.970 bits per heavy atom. The standard InChI is InChI=1S/C23H26N4O5S/c1-16(24-21-19-10-6-7-11-20(19)33(30,31)25-21)23(29)32-17(2)22(28)27-14-12-26(13-15-27)18-8-4-3-5-9-18/h3-11,16-17H,12-15H2,1-2H3,(H,24,25)/t16-,17?/m0/s1. The van der Waals surface area contributed by atoms with Crippen molar-refractivity contribution in [1.29, 1.82) is 0 Å². The second kappa shape index (κ2) is 9.22. The second-order valence-corrected chi connectivity index (χ2v) is 9.63. The lowest BCUT2D eigenvalue weighted by Gasteiger charge is -2.37. The lowest BCUT2D eigenvalue weighted by atomic mass is 10.2. The molecule has 10 heteroatoms. The smallest absolute Gasteiger partial charge is 0.331 e. The van der Waals surface area contributed by atoms with E-state index >= 15 is 0 Å². The third-order valence-electron chi connectivity index (χ3n) is 5.68. The summed E-state index contributed by atoms with van der Waals surface area (Å²) in [5.41, 5.74) is 1.51. The van der Waals surface area contributed by atoms with Crippen LogP contribution >= 0.6 is 0 Å². The van der Waals surface area contributed by atoms with Crippen molar-refractivity contribution in [1.82, 2.24) is 9.62 Å². The van der Waals surface area contributed by atoms with Crippen LogP contribution in [0.25, 0.3) is 0 Å². The van der Waals surface area contributed by atoms with Gasteiger partial charge >= 0.3 is 5.97 Å². The quantitative estimate of drug-likeness (QED) is 0.662. The Morgan fingerprint density at radius 3 is 2.30 bits per heavy atom. The highest BCUT2D eigenvalue weighted by Crippen LogP contribution is 2.23. The van der Waals surface area contributed by atoms with Crippen LogP contribution in [0.15, 0.2) is 64.5 Å². The van der Waals surface area contributed by atoms with Crippen LogP contribution in [0.2, 0.25) is 0 Å². The molecule has 1 N–H and O–H groups in total. The van der Waals surface area contributed by atoms with Gasteiger partial charge in [-0.1, -0.05) is 30.3 Å². The number of benzene rings is 2. The molecule has 2 heterocycles. The molecule has 0 spiro atoms. The maximum absolute atomic E-state index is 12.8. The SMILES string of the molecule is CC(OC(=O)[C@H](C)N=C1NS(=O)(=O)c2ccccc21)C(=O)N1CCN(c2ccccc2)CC1. The number of hydrogen-bond acceptors (Lipinski definition) is 7. The fraction of sp³-hybridized carbons (Fsp3) is 0.348. The van der Waals surface area contributed by atoms with Gasteiger partial charge in [-0.05, 0) is 38.1 Å². The zero-order valence-electron chi connectivity index (χ0n) is 18.5. The summed E-state index contributed by atoms with van der Waals surface area (Å²) in [5, 5.41) is 0. The summed E-state index contributed by atoms with van der Waals surface area (Å²) in [6, 6.07) is 15.4. The predicted molar refractivity (Wildman–Crippen MR) is 124 cm³/mol. The minimum absolute atomic E-state index is 0.0889. The molecule has 1 fully saturated rings. The Morgan fingerprint density at radius 2 is 1.61 bits per heavy atom. The number of fused-ring (bicyclic) bond motifs is 1. The van der Waals surface area contributed by atoms with Gasteiger partial charge in [-0.2, -0.15) is 0 Å². The number of nitrogens with one attached hydrogen (secondary N) is 1. The minimum atomic E-state index is -3.70. The van der Waals surface area contributed by atoms with Crippen molar-refractivity contribution in [2.75, 3.05) is 31.1 Å². The van der Waals surface area contributed by atoms with E-state index in [0.717, 1.165) is 5.69 Å². The van der Waals surface area contributed by atoms with Crippen molar-refractivity contribution < 1.29 is 22.7 Å². The number of carbonyl (C=O) groups is 2. The maximum Gasteiger partial charge on any atom is 0.331 e. The molecular formula is C23H26N4O5S. The summed E-state index contributed by atoms with van der Waals surface area (Å²) in [7, 11) is -3.70. The Balaban J connectivity index is 1.34. The van der Waals surface area contributed by atoms with E-state index in [-0.39, 0.29) is 16.6 Å². The van der Waals surface area contributed by atoms with Crippen LogP contribution in [0.3, 0.4) is 0 Å². The molecular weight excluding hydrogens is 444 g/mol. The van der Waals surface area contributed by atoms with Gasteiger partial charge in [0.05, 0.1) is 4.90 Å². The highest BCUT2D eigenvalue weighted by atomic mass is 32.2. The van der Waals surface area contributed by atoms with Crippen molar-refractivity contribution in [3.63, 3.8) is 0 Å². The number of para-hydroxylation sites is 1. The average Bonchev–Trinajstić information content (AvgIpc) is 3.09. The Hall–Kier alpha value is -3.40. The van der Waals surface area contributed by atoms with E-state index in [1.807, 2.05) is 30.3 Å². The molecule has 1 saturated heterocycles. The summed E-state index contributed by atoms with van der Waals surface area (Å²) in [4.78, 5) is 33.6. The number of piperazine rings is 1. The molecule has 2 aromatic rings. The summed E-state index contributed by atoms with van der Waals surface area (Å²) in [6.07, 6.45) is -0.962. The van der Waals surface area contributed by atoms with Gasteiger partial charge in [-0.25, -0.2) is 13.2 Å². The van der Waals surface area contributed by atoms with Crippen molar-refractivity contribution in [2.45, 2.75) is 30.9 Å². The Bertz CT molecular complexity index is 1170. The molecule has 0 aliphatic carbocycles. The van der Waals surface area contributed by atoms with Gasteiger partial charge in [0.1, 0.15) is 11.9 Å². The monoisotopic (exact) mass is 470 g/mol. The molecule has 1 amide bonds. The molecule has 33 heavy (non-hydrogen) atoms. The maximum atomic E-state index is 12.8. The number of ether oxygens (including phenoxy) is 1. The second-order valence-electron chi connectivity index (χ2n) is 7.98. The van der Waals surface area contributed by atoms with E-state index in [2.05, 4.69) is 14.6 Å². The van der Waals surface area contributed by atoms with Crippen molar-refractivity contribution in [2.24, 2.45) is 4.99 Å². The highest BCUT2D eigenvalue weighted by Gasteiger charge is 2.32. The molecule has 1 unspecified atom stereocenters. The molecule has 0 radical (unpaired) electrons. The highest BCUT2D eigenvalue weighted by molar-refractivity contribution is 7.90. The number of aliphatic imine (C=N–C) groups is 1. The number of rotatable bonds is 5. The van der Waals surface area contributed by atoms with Gasteiger partial charge in [0, 0.05) is 37.4 Å². The first kappa shape index (κ1) is 22.8. The molecule has 4 rings (SSSR count). The molecule has 0 bridgehead atoms. The van der Waals surface area contributed by atoms with Crippen LogP contribution < -0.4 is 9.62 Å². The molecule has 0 aromatic heterocycles. The summed E-state index contributed by atoms with van der Waals surface area (Å²) < 4.78 is 32.1. The Labute approximate surface area is 193 Å². The van der Waals surface area contributed by atoms with E-state index in [1.54, 1.807) is 23.1 Å². The summed E-state index contributed by atoms with van der Waals surface area (Å²) in [6.45, 7) is 5.50. The fourth-order valence-corrected chi connectivity index (χ4v) is 5.12. The van der Waals surface area contributed by atoms with Crippen LogP contribution in [0.5, 0.6) is 0 Å². The van der Waals surface area contributed by atoms with Crippen LogP contribution in [0.4, 0.5) is 5.69 Å². The van der Waals surface area contributed by atoms with Crippen LogP contribution in [0.1, 0.15) is 19.4 Å². The topological polar surface area (TPSA) is 108 Å². The molecule has 2 aliphatic rings. The van der Waals surface area contributed by atoms with E-state index in [0.29, 0.717) is 31.7 Å². The van der Waals surface area contributed by atoms with E-state index in [9.17, 15) is 18.0 Å². The largest absolute Gasteiger partial charge is 0.451 e. The molecule has 174 valence electrons. The first-order chi connectivity index (χ1) is 15.8. The van der Waals surface area contributed by atoms with Gasteiger partial charge in [0.2, 0.25) is 0 Å². The van der Waals surface area contributed by atoms with Crippen LogP contribution in [0, 0.1) is 0 Å². The van der Waals surface area contributed by atoms with E-state index in [4.69, 9.17) is 4.74 Å². The van der Waals surface area contributed by atoms with E-state index < -0.39 is 28.1 Å². The van der Waals surface area contributed by atoms with Crippen LogP contribution in [-0.4, -0.2) is 69.4 Å². The summed E-state index contributed by atoms with van der Waals surface area (Å²) >= 11 is 0. The lowest BCUT2D eigenvalue weighted by molar-refractivity contribution is -0.159.